The van der Waals surface area contributed by atoms with Crippen molar-refractivity contribution in [3.63, 3.8) is 0 Å². The summed E-state index contributed by atoms with van der Waals surface area (Å²) >= 11 is 1.18. The normalized spacial score (nSPS) is 16.3. The van der Waals surface area contributed by atoms with Crippen LogP contribution in [0.3, 0.4) is 0 Å². The molecule has 6 nitrogen and oxygen atoms in total. The van der Waals surface area contributed by atoms with Gasteiger partial charge in [0.2, 0.25) is 0 Å². The highest BCUT2D eigenvalue weighted by Gasteiger charge is 2.23. The molecule has 0 spiro atoms. The first-order chi connectivity index (χ1) is 14.8. The number of hydrogen-bond donors (Lipinski definition) is 4. The first-order valence-electron chi connectivity index (χ1n) is 11.6. The van der Waals surface area contributed by atoms with Crippen molar-refractivity contribution in [2.45, 2.75) is 91.2 Å². The van der Waals surface area contributed by atoms with Gasteiger partial charge in [-0.3, -0.25) is 9.52 Å². The first kappa shape index (κ1) is 27.8. The highest BCUT2D eigenvalue weighted by atomic mass is 32.2. The SMILES string of the molecule is CC[C@H](C)CCC[C@H](C)CCC[C@H](C)[C@@H](O[C@@H](C)NO)SNC(=O)c1ccccc1O. The van der Waals surface area contributed by atoms with E-state index < -0.39 is 6.23 Å². The van der Waals surface area contributed by atoms with Crippen molar-refractivity contribution in [2.75, 3.05) is 0 Å². The van der Waals surface area contributed by atoms with Gasteiger partial charge < -0.3 is 15.1 Å². The highest BCUT2D eigenvalue weighted by Crippen LogP contribution is 2.27. The van der Waals surface area contributed by atoms with Crippen LogP contribution < -0.4 is 10.2 Å². The topological polar surface area (TPSA) is 90.8 Å². The summed E-state index contributed by atoms with van der Waals surface area (Å²) in [5.74, 6) is 1.28. The molecule has 4 N–H and O–H groups in total. The molecule has 0 unspecified atom stereocenters. The molecule has 0 fully saturated rings. The molecule has 31 heavy (non-hydrogen) atoms. The van der Waals surface area contributed by atoms with Gasteiger partial charge in [0.1, 0.15) is 17.4 Å². The molecule has 0 bridgehead atoms. The average Bonchev–Trinajstić information content (AvgIpc) is 2.76. The van der Waals surface area contributed by atoms with Crippen LogP contribution in [0.4, 0.5) is 0 Å². The van der Waals surface area contributed by atoms with Crippen LogP contribution in [0.15, 0.2) is 24.3 Å². The summed E-state index contributed by atoms with van der Waals surface area (Å²) in [6.07, 6.45) is 7.83. The Morgan fingerprint density at radius 3 is 2.26 bits per heavy atom. The Balaban J connectivity index is 2.49. The van der Waals surface area contributed by atoms with E-state index in [1.807, 2.05) is 0 Å². The zero-order valence-corrected chi connectivity index (χ0v) is 20.6. The molecule has 0 radical (unpaired) electrons. The number of amides is 1. The lowest BCUT2D eigenvalue weighted by Gasteiger charge is -2.26. The van der Waals surface area contributed by atoms with Gasteiger partial charge in [0, 0.05) is 0 Å². The van der Waals surface area contributed by atoms with Crippen LogP contribution in [0.5, 0.6) is 5.75 Å². The number of hydroxylamine groups is 1. The molecule has 0 aliphatic rings. The van der Waals surface area contributed by atoms with Crippen molar-refractivity contribution in [1.82, 2.24) is 10.2 Å². The van der Waals surface area contributed by atoms with E-state index in [0.717, 1.165) is 18.8 Å². The van der Waals surface area contributed by atoms with Crippen molar-refractivity contribution < 1.29 is 19.8 Å². The summed E-state index contributed by atoms with van der Waals surface area (Å²) in [6.45, 7) is 10.7. The second kappa shape index (κ2) is 15.5. The Morgan fingerprint density at radius 2 is 1.65 bits per heavy atom. The number of rotatable bonds is 16. The number of hydrogen-bond acceptors (Lipinski definition) is 6. The van der Waals surface area contributed by atoms with Gasteiger partial charge in [-0.15, -0.1) is 0 Å². The zero-order chi connectivity index (χ0) is 23.2. The van der Waals surface area contributed by atoms with E-state index in [0.29, 0.717) is 5.92 Å². The molecule has 5 atom stereocenters. The molecule has 1 amide bonds. The van der Waals surface area contributed by atoms with Gasteiger partial charge >= 0.3 is 0 Å². The van der Waals surface area contributed by atoms with Crippen molar-refractivity contribution in [1.29, 1.82) is 0 Å². The van der Waals surface area contributed by atoms with Gasteiger partial charge in [0.05, 0.1) is 5.56 Å². The zero-order valence-electron chi connectivity index (χ0n) is 19.8. The summed E-state index contributed by atoms with van der Waals surface area (Å²) in [7, 11) is 0. The molecule has 0 aliphatic heterocycles. The second-order valence-corrected chi connectivity index (χ2v) is 9.70. The fraction of sp³-hybridized carbons (Fsp3) is 0.708. The number of aromatic hydroxyl groups is 1. The third-order valence-corrected chi connectivity index (χ3v) is 6.96. The quantitative estimate of drug-likeness (QED) is 0.137. The van der Waals surface area contributed by atoms with Crippen LogP contribution in [-0.2, 0) is 4.74 Å². The van der Waals surface area contributed by atoms with Gasteiger partial charge in [-0.2, -0.15) is 5.48 Å². The monoisotopic (exact) mass is 454 g/mol. The summed E-state index contributed by atoms with van der Waals surface area (Å²) in [6, 6.07) is 6.44. The van der Waals surface area contributed by atoms with Crippen LogP contribution in [-0.4, -0.2) is 27.9 Å². The minimum atomic E-state index is -0.554. The van der Waals surface area contributed by atoms with Crippen LogP contribution >= 0.6 is 11.9 Å². The van der Waals surface area contributed by atoms with Crippen molar-refractivity contribution in [3.8, 4) is 5.75 Å². The minimum Gasteiger partial charge on any atom is -0.507 e. The lowest BCUT2D eigenvalue weighted by atomic mass is 9.93. The van der Waals surface area contributed by atoms with E-state index in [1.165, 1.54) is 50.1 Å². The number of carbonyl (C=O) groups is 1. The molecular formula is C24H42N2O4S. The van der Waals surface area contributed by atoms with Gasteiger partial charge in [0.15, 0.2) is 0 Å². The molecule has 0 aromatic heterocycles. The van der Waals surface area contributed by atoms with Crippen LogP contribution in [0.2, 0.25) is 0 Å². The minimum absolute atomic E-state index is 0.0566. The maximum Gasteiger partial charge on any atom is 0.264 e. The number of para-hydroxylation sites is 1. The molecule has 0 aliphatic carbocycles. The summed E-state index contributed by atoms with van der Waals surface area (Å²) in [5.41, 5.74) is 2.00. The number of ether oxygens (including phenoxy) is 1. The highest BCUT2D eigenvalue weighted by molar-refractivity contribution is 7.98. The number of benzene rings is 1. The van der Waals surface area contributed by atoms with Gasteiger partial charge in [0.25, 0.3) is 5.91 Å². The lowest BCUT2D eigenvalue weighted by molar-refractivity contribution is -0.0653. The average molecular weight is 455 g/mol. The largest absolute Gasteiger partial charge is 0.507 e. The predicted molar refractivity (Wildman–Crippen MR) is 128 cm³/mol. The van der Waals surface area contributed by atoms with E-state index >= 15 is 0 Å². The van der Waals surface area contributed by atoms with E-state index in [1.54, 1.807) is 25.1 Å². The number of carbonyl (C=O) groups excluding carboxylic acids is 1. The molecular weight excluding hydrogens is 412 g/mol. The second-order valence-electron chi connectivity index (χ2n) is 8.80. The third-order valence-electron chi connectivity index (χ3n) is 5.85. The standard InChI is InChI=1S/C24H42N2O4S/c1-6-17(2)11-9-12-18(3)13-10-14-19(4)24(30-20(5)25-29)31-26-23(28)21-15-7-8-16-22(21)27/h7-8,15-20,24-25,27,29H,6,9-14H2,1-5H3,(H,26,28)/t17-,18-,19-,20-,24-/m0/s1. The Bertz CT molecular complexity index is 631. The summed E-state index contributed by atoms with van der Waals surface area (Å²) < 4.78 is 8.64. The van der Waals surface area contributed by atoms with Crippen molar-refractivity contribution in [2.24, 2.45) is 17.8 Å². The maximum absolute atomic E-state index is 12.4. The molecule has 0 heterocycles. The molecule has 1 rings (SSSR count). The Morgan fingerprint density at radius 1 is 1.03 bits per heavy atom. The maximum atomic E-state index is 12.4. The van der Waals surface area contributed by atoms with Crippen molar-refractivity contribution in [3.05, 3.63) is 29.8 Å². The molecule has 0 saturated carbocycles. The van der Waals surface area contributed by atoms with E-state index in [9.17, 15) is 9.90 Å². The number of phenolic OH excluding ortho intramolecular Hbond substituents is 1. The van der Waals surface area contributed by atoms with Gasteiger partial charge in [-0.05, 0) is 55.2 Å². The molecule has 1 aromatic carbocycles. The number of phenols is 1. The molecule has 7 heteroatoms. The Hall–Kier alpha value is -1.28. The van der Waals surface area contributed by atoms with Gasteiger partial charge in [-0.1, -0.05) is 78.4 Å². The van der Waals surface area contributed by atoms with Crippen molar-refractivity contribution >= 4 is 17.9 Å². The van der Waals surface area contributed by atoms with Crippen LogP contribution in [0.25, 0.3) is 0 Å². The summed E-state index contributed by atoms with van der Waals surface area (Å²) in [4.78, 5) is 12.4. The van der Waals surface area contributed by atoms with Crippen LogP contribution in [0.1, 0.15) is 89.9 Å². The Kier molecular flexibility index (Phi) is 13.9. The van der Waals surface area contributed by atoms with Gasteiger partial charge in [-0.25, -0.2) is 0 Å². The fourth-order valence-electron chi connectivity index (χ4n) is 3.43. The molecule has 0 saturated heterocycles. The molecule has 1 aromatic rings. The summed E-state index contributed by atoms with van der Waals surface area (Å²) in [5, 5.41) is 19.0. The Labute approximate surface area is 192 Å². The number of nitrogens with one attached hydrogen (secondary N) is 2. The first-order valence-corrected chi connectivity index (χ1v) is 12.4. The predicted octanol–water partition coefficient (Wildman–Crippen LogP) is 6.10. The lowest BCUT2D eigenvalue weighted by Crippen LogP contribution is -2.34. The van der Waals surface area contributed by atoms with E-state index in [2.05, 4.69) is 37.9 Å². The fourth-order valence-corrected chi connectivity index (χ4v) is 4.35. The van der Waals surface area contributed by atoms with E-state index in [-0.39, 0.29) is 28.6 Å². The van der Waals surface area contributed by atoms with E-state index in [4.69, 9.17) is 9.94 Å². The smallest absolute Gasteiger partial charge is 0.264 e. The van der Waals surface area contributed by atoms with Crippen LogP contribution in [0, 0.1) is 17.8 Å². The third kappa shape index (κ3) is 11.2. The molecule has 178 valence electrons.